The normalized spacial score (nSPS) is 21.6. The highest BCUT2D eigenvalue weighted by Crippen LogP contribution is 2.41. The Bertz CT molecular complexity index is 676. The first-order chi connectivity index (χ1) is 11.0. The van der Waals surface area contributed by atoms with Crippen LogP contribution in [-0.2, 0) is 12.8 Å². The van der Waals surface area contributed by atoms with Crippen LogP contribution >= 0.6 is 0 Å². The van der Waals surface area contributed by atoms with Crippen molar-refractivity contribution in [3.8, 4) is 11.3 Å². The highest BCUT2D eigenvalue weighted by Gasteiger charge is 2.32. The van der Waals surface area contributed by atoms with E-state index in [1.807, 2.05) is 0 Å². The molecule has 0 bridgehead atoms. The number of aromatic nitrogens is 2. The molecule has 0 spiro atoms. The summed E-state index contributed by atoms with van der Waals surface area (Å²) in [6.45, 7) is 9.31. The molecule has 0 radical (unpaired) electrons. The lowest BCUT2D eigenvalue weighted by atomic mass is 9.68. The molecule has 1 aliphatic carbocycles. The van der Waals surface area contributed by atoms with Crippen LogP contribution in [0.4, 0.5) is 0 Å². The molecular weight excluding hydrogens is 280 g/mol. The number of hydrogen-bond donors (Lipinski definition) is 0. The minimum atomic E-state index is 0.358. The van der Waals surface area contributed by atoms with E-state index in [4.69, 9.17) is 0 Å². The van der Waals surface area contributed by atoms with Crippen molar-refractivity contribution in [3.05, 3.63) is 47.2 Å². The van der Waals surface area contributed by atoms with E-state index >= 15 is 0 Å². The Balaban J connectivity index is 2.13. The van der Waals surface area contributed by atoms with Crippen molar-refractivity contribution < 1.29 is 0 Å². The molecule has 3 rings (SSSR count). The van der Waals surface area contributed by atoms with E-state index in [2.05, 4.69) is 68.2 Å². The molecular formula is C21H28N2. The molecule has 0 amide bonds. The summed E-state index contributed by atoms with van der Waals surface area (Å²) in [4.78, 5) is 0. The molecule has 0 saturated heterocycles. The molecule has 1 unspecified atom stereocenters. The summed E-state index contributed by atoms with van der Waals surface area (Å²) in [5, 5.41) is 9.09. The van der Waals surface area contributed by atoms with E-state index < -0.39 is 0 Å². The van der Waals surface area contributed by atoms with Gasteiger partial charge in [0.2, 0.25) is 0 Å². The molecule has 0 aliphatic heterocycles. The van der Waals surface area contributed by atoms with Crippen LogP contribution in [0.3, 0.4) is 0 Å². The first kappa shape index (κ1) is 16.2. The molecule has 1 aromatic heterocycles. The summed E-state index contributed by atoms with van der Waals surface area (Å²) in [5.41, 5.74) is 6.66. The quantitative estimate of drug-likeness (QED) is 0.744. The average molecular weight is 308 g/mol. The summed E-state index contributed by atoms with van der Waals surface area (Å²) >= 11 is 0. The highest BCUT2D eigenvalue weighted by atomic mass is 15.1. The van der Waals surface area contributed by atoms with Crippen LogP contribution in [0.25, 0.3) is 11.3 Å². The van der Waals surface area contributed by atoms with Gasteiger partial charge in [-0.3, -0.25) is 0 Å². The third-order valence-corrected chi connectivity index (χ3v) is 5.83. The van der Waals surface area contributed by atoms with Crippen molar-refractivity contribution in [3.63, 3.8) is 0 Å². The lowest BCUT2D eigenvalue weighted by Crippen LogP contribution is -2.29. The van der Waals surface area contributed by atoms with Gasteiger partial charge in [-0.05, 0) is 55.1 Å². The second-order valence-electron chi connectivity index (χ2n) is 7.65. The van der Waals surface area contributed by atoms with Gasteiger partial charge in [-0.2, -0.15) is 5.10 Å². The van der Waals surface area contributed by atoms with Gasteiger partial charge < -0.3 is 0 Å². The largest absolute Gasteiger partial charge is 0.155 e. The molecule has 23 heavy (non-hydrogen) atoms. The SMILES string of the molecule is Cc1nnc(-c2ccccc2)c2c1CC(C)(C(C)C)CCCC2. The van der Waals surface area contributed by atoms with E-state index in [-0.39, 0.29) is 0 Å². The Morgan fingerprint density at radius 1 is 1.00 bits per heavy atom. The second-order valence-corrected chi connectivity index (χ2v) is 7.65. The Labute approximate surface area is 140 Å². The van der Waals surface area contributed by atoms with Gasteiger partial charge in [0, 0.05) is 5.56 Å². The average Bonchev–Trinajstić information content (AvgIpc) is 2.53. The molecule has 1 atom stereocenters. The van der Waals surface area contributed by atoms with Crippen LogP contribution < -0.4 is 0 Å². The first-order valence-electron chi connectivity index (χ1n) is 8.92. The lowest BCUT2D eigenvalue weighted by molar-refractivity contribution is 0.186. The molecule has 122 valence electrons. The number of benzene rings is 1. The maximum atomic E-state index is 4.58. The fourth-order valence-electron chi connectivity index (χ4n) is 3.75. The van der Waals surface area contributed by atoms with Gasteiger partial charge in [-0.15, -0.1) is 5.10 Å². The molecule has 0 saturated carbocycles. The lowest BCUT2D eigenvalue weighted by Gasteiger charge is -2.37. The number of aryl methyl sites for hydroxylation is 1. The molecule has 2 nitrogen and oxygen atoms in total. The van der Waals surface area contributed by atoms with Crippen molar-refractivity contribution in [1.29, 1.82) is 0 Å². The Hall–Kier alpha value is -1.70. The zero-order valence-electron chi connectivity index (χ0n) is 14.9. The smallest absolute Gasteiger partial charge is 0.0964 e. The summed E-state index contributed by atoms with van der Waals surface area (Å²) in [5.74, 6) is 0.682. The van der Waals surface area contributed by atoms with Crippen molar-refractivity contribution in [1.82, 2.24) is 10.2 Å². The maximum Gasteiger partial charge on any atom is 0.0964 e. The van der Waals surface area contributed by atoms with Crippen LogP contribution in [0.1, 0.15) is 56.9 Å². The predicted octanol–water partition coefficient (Wildman–Crippen LogP) is 5.38. The predicted molar refractivity (Wildman–Crippen MR) is 96.4 cm³/mol. The Morgan fingerprint density at radius 3 is 2.43 bits per heavy atom. The molecule has 1 aromatic carbocycles. The fourth-order valence-corrected chi connectivity index (χ4v) is 3.75. The van der Waals surface area contributed by atoms with Gasteiger partial charge in [0.25, 0.3) is 0 Å². The molecule has 2 aromatic rings. The monoisotopic (exact) mass is 308 g/mol. The van der Waals surface area contributed by atoms with Crippen molar-refractivity contribution in [2.24, 2.45) is 11.3 Å². The summed E-state index contributed by atoms with van der Waals surface area (Å²) < 4.78 is 0. The van der Waals surface area contributed by atoms with Crippen LogP contribution in [0.15, 0.2) is 30.3 Å². The van der Waals surface area contributed by atoms with Gasteiger partial charge in [-0.25, -0.2) is 0 Å². The van der Waals surface area contributed by atoms with E-state index in [0.29, 0.717) is 11.3 Å². The minimum absolute atomic E-state index is 0.358. The van der Waals surface area contributed by atoms with Gasteiger partial charge >= 0.3 is 0 Å². The number of nitrogens with zero attached hydrogens (tertiary/aromatic N) is 2. The van der Waals surface area contributed by atoms with Crippen molar-refractivity contribution in [2.75, 3.05) is 0 Å². The number of fused-ring (bicyclic) bond motifs is 1. The number of hydrogen-bond acceptors (Lipinski definition) is 2. The summed E-state index contributed by atoms with van der Waals surface area (Å²) in [7, 11) is 0. The van der Waals surface area contributed by atoms with E-state index in [1.54, 1.807) is 0 Å². The zero-order valence-corrected chi connectivity index (χ0v) is 14.9. The Morgan fingerprint density at radius 2 is 1.74 bits per heavy atom. The van der Waals surface area contributed by atoms with Gasteiger partial charge in [0.1, 0.15) is 0 Å². The second kappa shape index (κ2) is 6.43. The van der Waals surface area contributed by atoms with Gasteiger partial charge in [-0.1, -0.05) is 57.5 Å². The third kappa shape index (κ3) is 3.17. The molecule has 0 N–H and O–H groups in total. The highest BCUT2D eigenvalue weighted by molar-refractivity contribution is 5.64. The van der Waals surface area contributed by atoms with E-state index in [9.17, 15) is 0 Å². The summed E-state index contributed by atoms with van der Waals surface area (Å²) in [6, 6.07) is 10.5. The van der Waals surface area contributed by atoms with Crippen LogP contribution in [0.5, 0.6) is 0 Å². The van der Waals surface area contributed by atoms with Crippen LogP contribution in [0, 0.1) is 18.3 Å². The van der Waals surface area contributed by atoms with Crippen molar-refractivity contribution in [2.45, 2.75) is 59.8 Å². The first-order valence-corrected chi connectivity index (χ1v) is 8.92. The van der Waals surface area contributed by atoms with Crippen molar-refractivity contribution >= 4 is 0 Å². The molecule has 0 fully saturated rings. The van der Waals surface area contributed by atoms with Gasteiger partial charge in [0.05, 0.1) is 11.4 Å². The summed E-state index contributed by atoms with van der Waals surface area (Å²) in [6.07, 6.45) is 6.13. The van der Waals surface area contributed by atoms with E-state index in [0.717, 1.165) is 24.2 Å². The van der Waals surface area contributed by atoms with Crippen LogP contribution in [0.2, 0.25) is 0 Å². The number of rotatable bonds is 2. The zero-order chi connectivity index (χ0) is 16.4. The maximum absolute atomic E-state index is 4.58. The van der Waals surface area contributed by atoms with Gasteiger partial charge in [0.15, 0.2) is 0 Å². The fraction of sp³-hybridized carbons (Fsp3) is 0.524. The van der Waals surface area contributed by atoms with E-state index in [1.165, 1.54) is 36.0 Å². The topological polar surface area (TPSA) is 25.8 Å². The molecule has 1 heterocycles. The molecule has 2 heteroatoms. The third-order valence-electron chi connectivity index (χ3n) is 5.83. The standard InChI is InChI=1S/C21H28N2/c1-15(2)21(4)13-9-8-12-18-19(14-21)16(3)22-23-20(18)17-10-6-5-7-11-17/h5-7,10-11,15H,8-9,12-14H2,1-4H3. The molecule has 1 aliphatic rings. The minimum Gasteiger partial charge on any atom is -0.155 e. The van der Waals surface area contributed by atoms with Crippen LogP contribution in [-0.4, -0.2) is 10.2 Å². The Kier molecular flexibility index (Phi) is 4.52.